The third kappa shape index (κ3) is 3.84. The molecule has 1 aliphatic carbocycles. The maximum Gasteiger partial charge on any atom is 0.439 e. The number of nitrogens with one attached hydrogen (secondary N) is 1. The molecule has 0 atom stereocenters. The van der Waals surface area contributed by atoms with E-state index in [9.17, 15) is 4.79 Å². The number of hydrogen-bond donors (Lipinski definition) is 1. The maximum absolute atomic E-state index is 11.4. The molecule has 0 bridgehead atoms. The van der Waals surface area contributed by atoms with Crippen LogP contribution in [0.2, 0.25) is 5.02 Å². The Hall–Kier alpha value is -3.44. The van der Waals surface area contributed by atoms with Crippen LogP contribution in [-0.4, -0.2) is 29.7 Å². The maximum atomic E-state index is 11.4. The number of terminal acetylenes is 1. The molecule has 1 fully saturated rings. The number of nitrogens with zero attached hydrogens (tertiary/aromatic N) is 5. The van der Waals surface area contributed by atoms with Crippen molar-refractivity contribution in [3.63, 3.8) is 0 Å². The number of hydrogen-bond acceptors (Lipinski definition) is 6. The molecule has 5 rings (SSSR count). The van der Waals surface area contributed by atoms with Gasteiger partial charge in [-0.1, -0.05) is 16.8 Å². The van der Waals surface area contributed by atoms with Gasteiger partial charge in [0, 0.05) is 36.6 Å². The summed E-state index contributed by atoms with van der Waals surface area (Å²) >= 11 is 6.20. The average Bonchev–Trinajstić information content (AvgIpc) is 3.40. The standard InChI is InChI=1S/C22H19ClN6O2/c1-2-13-3-5-14(6-4-13)12-29-8-7-17-19(29)18(15-9-16(23)11-24-10-15)26-20(25-17)21-27-22(30)31-28-21/h1,7-11,13-14H,3-6,12H2,(H,27,28,30). The summed E-state index contributed by atoms with van der Waals surface area (Å²) in [6, 6.07) is 3.74. The second kappa shape index (κ2) is 8.00. The van der Waals surface area contributed by atoms with Crippen molar-refractivity contribution in [1.82, 2.24) is 29.7 Å². The summed E-state index contributed by atoms with van der Waals surface area (Å²) in [5, 5.41) is 4.23. The highest BCUT2D eigenvalue weighted by Gasteiger charge is 2.23. The second-order valence-electron chi connectivity index (χ2n) is 7.82. The summed E-state index contributed by atoms with van der Waals surface area (Å²) in [6.45, 7) is 0.852. The van der Waals surface area contributed by atoms with Crippen molar-refractivity contribution in [3.05, 3.63) is 46.3 Å². The molecule has 0 radical (unpaired) electrons. The summed E-state index contributed by atoms with van der Waals surface area (Å²) in [5.41, 5.74) is 3.04. The van der Waals surface area contributed by atoms with Crippen LogP contribution in [0.4, 0.5) is 0 Å². The highest BCUT2D eigenvalue weighted by atomic mass is 35.5. The lowest BCUT2D eigenvalue weighted by Gasteiger charge is -2.26. The quantitative estimate of drug-likeness (QED) is 0.488. The number of pyridine rings is 1. The van der Waals surface area contributed by atoms with Crippen molar-refractivity contribution < 1.29 is 4.52 Å². The van der Waals surface area contributed by atoms with Crippen LogP contribution in [0.15, 0.2) is 40.0 Å². The number of H-pyrrole nitrogens is 1. The topological polar surface area (TPSA) is 102 Å². The Bertz CT molecular complexity index is 1340. The van der Waals surface area contributed by atoms with Gasteiger partial charge in [0.15, 0.2) is 0 Å². The van der Waals surface area contributed by atoms with Crippen LogP contribution in [-0.2, 0) is 6.54 Å². The van der Waals surface area contributed by atoms with Crippen molar-refractivity contribution in [2.45, 2.75) is 32.2 Å². The molecule has 0 spiro atoms. The van der Waals surface area contributed by atoms with Gasteiger partial charge >= 0.3 is 5.76 Å². The molecule has 156 valence electrons. The minimum absolute atomic E-state index is 0.170. The zero-order valence-corrected chi connectivity index (χ0v) is 17.3. The normalized spacial score (nSPS) is 18.8. The Morgan fingerprint density at radius 3 is 2.81 bits per heavy atom. The van der Waals surface area contributed by atoms with E-state index in [-0.39, 0.29) is 11.6 Å². The fourth-order valence-corrected chi connectivity index (χ4v) is 4.40. The van der Waals surface area contributed by atoms with Crippen LogP contribution in [0.25, 0.3) is 33.9 Å². The van der Waals surface area contributed by atoms with E-state index in [1.165, 1.54) is 0 Å². The van der Waals surface area contributed by atoms with Crippen molar-refractivity contribution in [2.75, 3.05) is 0 Å². The van der Waals surface area contributed by atoms with Crippen molar-refractivity contribution in [3.8, 4) is 35.2 Å². The first kappa shape index (κ1) is 19.5. The van der Waals surface area contributed by atoms with Gasteiger partial charge in [-0.25, -0.2) is 14.8 Å². The molecule has 1 N–H and O–H groups in total. The molecule has 31 heavy (non-hydrogen) atoms. The lowest BCUT2D eigenvalue weighted by Crippen LogP contribution is -2.18. The monoisotopic (exact) mass is 434 g/mol. The summed E-state index contributed by atoms with van der Waals surface area (Å²) in [6.07, 6.45) is 15.2. The predicted octanol–water partition coefficient (Wildman–Crippen LogP) is 3.93. The van der Waals surface area contributed by atoms with E-state index in [1.54, 1.807) is 18.5 Å². The predicted molar refractivity (Wildman–Crippen MR) is 116 cm³/mol. The van der Waals surface area contributed by atoms with Gasteiger partial charge in [-0.05, 0) is 43.7 Å². The van der Waals surface area contributed by atoms with Crippen molar-refractivity contribution >= 4 is 22.6 Å². The minimum atomic E-state index is -0.662. The van der Waals surface area contributed by atoms with Gasteiger partial charge in [0.1, 0.15) is 5.69 Å². The van der Waals surface area contributed by atoms with E-state index < -0.39 is 5.76 Å². The third-order valence-electron chi connectivity index (χ3n) is 5.78. The van der Waals surface area contributed by atoms with E-state index in [4.69, 9.17) is 23.0 Å². The van der Waals surface area contributed by atoms with Gasteiger partial charge in [0.05, 0.1) is 16.1 Å². The molecule has 8 nitrogen and oxygen atoms in total. The molecule has 1 aliphatic rings. The highest BCUT2D eigenvalue weighted by Crippen LogP contribution is 2.33. The molecule has 0 saturated heterocycles. The smallest absolute Gasteiger partial charge is 0.344 e. The number of fused-ring (bicyclic) bond motifs is 1. The van der Waals surface area contributed by atoms with Gasteiger partial charge in [0.25, 0.3) is 0 Å². The lowest BCUT2D eigenvalue weighted by atomic mass is 9.82. The van der Waals surface area contributed by atoms with Crippen LogP contribution in [0, 0.1) is 24.2 Å². The lowest BCUT2D eigenvalue weighted by molar-refractivity contribution is 0.289. The first-order chi connectivity index (χ1) is 15.1. The Balaban J connectivity index is 1.60. The molecule has 0 aliphatic heterocycles. The summed E-state index contributed by atoms with van der Waals surface area (Å²) in [5.74, 6) is 3.59. The Morgan fingerprint density at radius 1 is 1.26 bits per heavy atom. The van der Waals surface area contributed by atoms with Crippen LogP contribution >= 0.6 is 11.6 Å². The van der Waals surface area contributed by atoms with Gasteiger partial charge in [0.2, 0.25) is 11.6 Å². The van der Waals surface area contributed by atoms with Crippen LogP contribution in [0.3, 0.4) is 0 Å². The zero-order chi connectivity index (χ0) is 21.4. The van der Waals surface area contributed by atoms with Gasteiger partial charge in [-0.15, -0.1) is 12.3 Å². The highest BCUT2D eigenvalue weighted by molar-refractivity contribution is 6.30. The van der Waals surface area contributed by atoms with Gasteiger partial charge < -0.3 is 4.57 Å². The van der Waals surface area contributed by atoms with Crippen LogP contribution < -0.4 is 5.76 Å². The van der Waals surface area contributed by atoms with E-state index in [2.05, 4.69) is 35.1 Å². The first-order valence-corrected chi connectivity index (χ1v) is 10.5. The first-order valence-electron chi connectivity index (χ1n) is 10.1. The van der Waals surface area contributed by atoms with Crippen LogP contribution in [0.1, 0.15) is 25.7 Å². The minimum Gasteiger partial charge on any atom is -0.344 e. The molecule has 0 amide bonds. The molecule has 9 heteroatoms. The molecule has 1 saturated carbocycles. The van der Waals surface area contributed by atoms with Crippen molar-refractivity contribution in [1.29, 1.82) is 0 Å². The Kier molecular flexibility index (Phi) is 5.04. The Labute approximate surface area is 182 Å². The van der Waals surface area contributed by atoms with E-state index in [1.807, 2.05) is 12.3 Å². The fourth-order valence-electron chi connectivity index (χ4n) is 4.22. The van der Waals surface area contributed by atoms with E-state index in [0.29, 0.717) is 22.6 Å². The zero-order valence-electron chi connectivity index (χ0n) is 16.6. The van der Waals surface area contributed by atoms with Gasteiger partial charge in [-0.3, -0.25) is 14.5 Å². The number of halogens is 1. The third-order valence-corrected chi connectivity index (χ3v) is 5.99. The van der Waals surface area contributed by atoms with Crippen molar-refractivity contribution in [2.24, 2.45) is 11.8 Å². The molecule has 4 aromatic heterocycles. The summed E-state index contributed by atoms with van der Waals surface area (Å²) < 4.78 is 6.81. The van der Waals surface area contributed by atoms with E-state index >= 15 is 0 Å². The molecular formula is C22H19ClN6O2. The molecule has 0 unspecified atom stereocenters. The largest absolute Gasteiger partial charge is 0.439 e. The van der Waals surface area contributed by atoms with Crippen LogP contribution in [0.5, 0.6) is 0 Å². The summed E-state index contributed by atoms with van der Waals surface area (Å²) in [4.78, 5) is 27.4. The molecular weight excluding hydrogens is 416 g/mol. The number of aromatic nitrogens is 6. The summed E-state index contributed by atoms with van der Waals surface area (Å²) in [7, 11) is 0. The SMILES string of the molecule is C#CC1CCC(Cn2ccc3nc(-c4noc(=O)[nH]4)nc(-c4cncc(Cl)c4)c32)CC1. The number of rotatable bonds is 4. The molecule has 4 heterocycles. The Morgan fingerprint density at radius 2 is 2.10 bits per heavy atom. The second-order valence-corrected chi connectivity index (χ2v) is 8.25. The van der Waals surface area contributed by atoms with Gasteiger partial charge in [-0.2, -0.15) is 0 Å². The number of aromatic amines is 1. The molecule has 0 aromatic carbocycles. The average molecular weight is 435 g/mol. The fraction of sp³-hybridized carbons (Fsp3) is 0.318. The van der Waals surface area contributed by atoms with E-state index in [0.717, 1.165) is 48.8 Å². The molecule has 4 aromatic rings.